The molecule has 2 aromatic heterocycles. The van der Waals surface area contributed by atoms with Gasteiger partial charge in [-0.3, -0.25) is 4.79 Å². The van der Waals surface area contributed by atoms with Crippen LogP contribution in [0.1, 0.15) is 17.7 Å². The third-order valence-corrected chi connectivity index (χ3v) is 4.20. The van der Waals surface area contributed by atoms with Gasteiger partial charge in [-0.15, -0.1) is 11.3 Å². The molecule has 0 aromatic carbocycles. The predicted octanol–water partition coefficient (Wildman–Crippen LogP) is 2.82. The Morgan fingerprint density at radius 3 is 2.78 bits per heavy atom. The molecule has 0 saturated carbocycles. The lowest BCUT2D eigenvalue weighted by Crippen LogP contribution is -2.34. The number of hydrogen-bond acceptors (Lipinski definition) is 5. The molecule has 18 heavy (non-hydrogen) atoms. The number of rotatable bonds is 1. The molecule has 94 valence electrons. The maximum absolute atomic E-state index is 11.3. The van der Waals surface area contributed by atoms with Crippen molar-refractivity contribution in [2.24, 2.45) is 0 Å². The van der Waals surface area contributed by atoms with E-state index in [0.29, 0.717) is 18.6 Å². The number of ketones is 1. The van der Waals surface area contributed by atoms with E-state index in [2.05, 4.69) is 20.9 Å². The number of aromatic nitrogens is 2. The summed E-state index contributed by atoms with van der Waals surface area (Å²) in [5, 5.41) is 1.31. The number of piperidine rings is 1. The highest BCUT2D eigenvalue weighted by atomic mass is 35.5. The van der Waals surface area contributed by atoms with Gasteiger partial charge in [0.05, 0.1) is 5.39 Å². The molecule has 1 aliphatic rings. The molecule has 6 heteroatoms. The Balaban J connectivity index is 2.07. The lowest BCUT2D eigenvalue weighted by atomic mass is 10.1. The molecule has 0 bridgehead atoms. The van der Waals surface area contributed by atoms with Crippen LogP contribution in [-0.4, -0.2) is 28.8 Å². The van der Waals surface area contributed by atoms with Gasteiger partial charge >= 0.3 is 0 Å². The van der Waals surface area contributed by atoms with Gasteiger partial charge in [-0.1, -0.05) is 0 Å². The fraction of sp³-hybridized carbons (Fsp3) is 0.417. The lowest BCUT2D eigenvalue weighted by molar-refractivity contribution is -0.119. The molecule has 0 aliphatic carbocycles. The summed E-state index contributed by atoms with van der Waals surface area (Å²) in [5.74, 6) is 1.19. The Labute approximate surface area is 114 Å². The number of nitrogens with zero attached hydrogens (tertiary/aromatic N) is 3. The lowest BCUT2D eigenvalue weighted by Gasteiger charge is -2.27. The molecule has 4 nitrogen and oxygen atoms in total. The topological polar surface area (TPSA) is 46.1 Å². The van der Waals surface area contributed by atoms with E-state index in [-0.39, 0.29) is 5.28 Å². The average Bonchev–Trinajstić information content (AvgIpc) is 2.69. The van der Waals surface area contributed by atoms with Crippen molar-refractivity contribution in [3.05, 3.63) is 16.2 Å². The second-order valence-electron chi connectivity index (χ2n) is 4.42. The van der Waals surface area contributed by atoms with Gasteiger partial charge in [-0.2, -0.15) is 4.98 Å². The van der Waals surface area contributed by atoms with Crippen molar-refractivity contribution >= 4 is 44.8 Å². The standard InChI is InChI=1S/C12H12ClN3OS/c1-7-6-9-10(14-12(13)15-11(9)18-7)16-4-2-8(17)3-5-16/h6H,2-5H2,1H3. The molecular weight excluding hydrogens is 270 g/mol. The molecule has 1 fully saturated rings. The third kappa shape index (κ3) is 2.08. The highest BCUT2D eigenvalue weighted by molar-refractivity contribution is 7.18. The number of hydrogen-bond donors (Lipinski definition) is 0. The van der Waals surface area contributed by atoms with Gasteiger partial charge in [0, 0.05) is 30.8 Å². The van der Waals surface area contributed by atoms with E-state index in [1.807, 2.05) is 6.92 Å². The quantitative estimate of drug-likeness (QED) is 0.754. The van der Waals surface area contributed by atoms with Crippen LogP contribution < -0.4 is 4.90 Å². The molecule has 0 atom stereocenters. The molecular formula is C12H12ClN3OS. The largest absolute Gasteiger partial charge is 0.355 e. The van der Waals surface area contributed by atoms with Gasteiger partial charge in [0.15, 0.2) is 0 Å². The smallest absolute Gasteiger partial charge is 0.225 e. The van der Waals surface area contributed by atoms with Gasteiger partial charge in [0.2, 0.25) is 5.28 Å². The molecule has 1 saturated heterocycles. The number of aryl methyl sites for hydroxylation is 1. The maximum atomic E-state index is 11.3. The molecule has 0 N–H and O–H groups in total. The van der Waals surface area contributed by atoms with Crippen molar-refractivity contribution in [3.63, 3.8) is 0 Å². The van der Waals surface area contributed by atoms with E-state index >= 15 is 0 Å². The second kappa shape index (κ2) is 4.48. The molecule has 3 rings (SSSR count). The van der Waals surface area contributed by atoms with Gasteiger partial charge < -0.3 is 4.90 Å². The van der Waals surface area contributed by atoms with Crippen LogP contribution in [0.2, 0.25) is 5.28 Å². The first-order valence-corrected chi connectivity index (χ1v) is 7.03. The van der Waals surface area contributed by atoms with E-state index in [1.54, 1.807) is 11.3 Å². The first-order chi connectivity index (χ1) is 8.63. The molecule has 0 amide bonds. The summed E-state index contributed by atoms with van der Waals surface area (Å²) in [4.78, 5) is 24.1. The number of halogens is 1. The number of carbonyl (C=O) groups excluding carboxylic acids is 1. The third-order valence-electron chi connectivity index (χ3n) is 3.09. The van der Waals surface area contributed by atoms with Crippen LogP contribution in [-0.2, 0) is 4.79 Å². The highest BCUT2D eigenvalue weighted by Gasteiger charge is 2.21. The second-order valence-corrected chi connectivity index (χ2v) is 5.99. The van der Waals surface area contributed by atoms with Gasteiger partial charge in [-0.25, -0.2) is 4.98 Å². The van der Waals surface area contributed by atoms with E-state index in [9.17, 15) is 4.79 Å². The van der Waals surface area contributed by atoms with E-state index in [1.165, 1.54) is 4.88 Å². The van der Waals surface area contributed by atoms with Crippen molar-refractivity contribution in [2.75, 3.05) is 18.0 Å². The fourth-order valence-corrected chi connectivity index (χ4v) is 3.30. The van der Waals surface area contributed by atoms with Gasteiger partial charge in [0.25, 0.3) is 0 Å². The van der Waals surface area contributed by atoms with Crippen LogP contribution in [0.3, 0.4) is 0 Å². The Hall–Kier alpha value is -1.20. The summed E-state index contributed by atoms with van der Waals surface area (Å²) in [7, 11) is 0. The normalized spacial score (nSPS) is 16.6. The zero-order valence-corrected chi connectivity index (χ0v) is 11.5. The van der Waals surface area contributed by atoms with E-state index in [4.69, 9.17) is 11.6 Å². The van der Waals surface area contributed by atoms with E-state index in [0.717, 1.165) is 29.1 Å². The van der Waals surface area contributed by atoms with Crippen LogP contribution in [0.25, 0.3) is 10.2 Å². The van der Waals surface area contributed by atoms with Crippen LogP contribution in [0.15, 0.2) is 6.07 Å². The highest BCUT2D eigenvalue weighted by Crippen LogP contribution is 2.32. The first-order valence-electron chi connectivity index (χ1n) is 5.84. The Morgan fingerprint density at radius 1 is 1.33 bits per heavy atom. The minimum atomic E-state index is 0.274. The van der Waals surface area contributed by atoms with Gasteiger partial charge in [0.1, 0.15) is 16.4 Å². The van der Waals surface area contributed by atoms with Crippen LogP contribution >= 0.6 is 22.9 Å². The minimum Gasteiger partial charge on any atom is -0.355 e. The van der Waals surface area contributed by atoms with Crippen LogP contribution in [0.4, 0.5) is 5.82 Å². The van der Waals surface area contributed by atoms with Crippen molar-refractivity contribution in [1.82, 2.24) is 9.97 Å². The molecule has 3 heterocycles. The zero-order chi connectivity index (χ0) is 12.7. The van der Waals surface area contributed by atoms with Crippen molar-refractivity contribution in [3.8, 4) is 0 Å². The Bertz CT molecular complexity index is 615. The number of fused-ring (bicyclic) bond motifs is 1. The van der Waals surface area contributed by atoms with Crippen molar-refractivity contribution < 1.29 is 4.79 Å². The summed E-state index contributed by atoms with van der Waals surface area (Å²) >= 11 is 7.59. The number of carbonyl (C=O) groups is 1. The summed E-state index contributed by atoms with van der Waals surface area (Å²) in [6.07, 6.45) is 1.18. The summed E-state index contributed by atoms with van der Waals surface area (Å²) in [6, 6.07) is 2.09. The first kappa shape index (κ1) is 11.9. The number of Topliss-reactive ketones (excluding diaryl/α,β-unsaturated/α-hetero) is 1. The van der Waals surface area contributed by atoms with Crippen LogP contribution in [0, 0.1) is 6.92 Å². The monoisotopic (exact) mass is 281 g/mol. The average molecular weight is 282 g/mol. The number of thiophene rings is 1. The summed E-state index contributed by atoms with van der Waals surface area (Å²) < 4.78 is 0. The maximum Gasteiger partial charge on any atom is 0.225 e. The number of anilines is 1. The molecule has 0 unspecified atom stereocenters. The molecule has 2 aromatic rings. The van der Waals surface area contributed by atoms with Crippen molar-refractivity contribution in [2.45, 2.75) is 19.8 Å². The fourth-order valence-electron chi connectivity index (χ4n) is 2.21. The molecule has 1 aliphatic heterocycles. The summed E-state index contributed by atoms with van der Waals surface area (Å²) in [5.41, 5.74) is 0. The molecule has 0 spiro atoms. The zero-order valence-electron chi connectivity index (χ0n) is 9.94. The Kier molecular flexibility index (Phi) is 2.95. The van der Waals surface area contributed by atoms with Gasteiger partial charge in [-0.05, 0) is 24.6 Å². The van der Waals surface area contributed by atoms with E-state index < -0.39 is 0 Å². The van der Waals surface area contributed by atoms with Crippen LogP contribution in [0.5, 0.6) is 0 Å². The molecule has 0 radical (unpaired) electrons. The minimum absolute atomic E-state index is 0.274. The predicted molar refractivity (Wildman–Crippen MR) is 73.6 cm³/mol. The Morgan fingerprint density at radius 2 is 2.06 bits per heavy atom. The summed E-state index contributed by atoms with van der Waals surface area (Å²) in [6.45, 7) is 3.48. The van der Waals surface area contributed by atoms with Crippen molar-refractivity contribution in [1.29, 1.82) is 0 Å². The SMILES string of the molecule is Cc1cc2c(N3CCC(=O)CC3)nc(Cl)nc2s1.